The Morgan fingerprint density at radius 3 is 2.59 bits per heavy atom. The standard InChI is InChI=1S/C21H14N6O2/c28-20(25-16-12-22-21(23-13-16)27-10-4-9-24-27)15-7-8-18-17(11-15)19(29-26-18)14-5-2-1-3-6-14/h1-13H,(H,25,28). The molecule has 3 heterocycles. The van der Waals surface area contributed by atoms with Crippen molar-refractivity contribution >= 4 is 22.5 Å². The minimum atomic E-state index is -0.275. The number of rotatable bonds is 4. The van der Waals surface area contributed by atoms with Crippen LogP contribution in [0.2, 0.25) is 0 Å². The third-order valence-corrected chi connectivity index (χ3v) is 4.38. The predicted octanol–water partition coefficient (Wildman–Crippen LogP) is 3.72. The van der Waals surface area contributed by atoms with Crippen LogP contribution in [0, 0.1) is 0 Å². The summed E-state index contributed by atoms with van der Waals surface area (Å²) >= 11 is 0. The van der Waals surface area contributed by atoms with Crippen molar-refractivity contribution in [2.75, 3.05) is 5.32 Å². The van der Waals surface area contributed by atoms with Gasteiger partial charge in [-0.1, -0.05) is 35.5 Å². The maximum atomic E-state index is 12.7. The Hall–Kier alpha value is -4.33. The van der Waals surface area contributed by atoms with Gasteiger partial charge in [-0.15, -0.1) is 0 Å². The molecule has 0 aliphatic heterocycles. The molecule has 140 valence electrons. The highest BCUT2D eigenvalue weighted by Gasteiger charge is 2.14. The van der Waals surface area contributed by atoms with Gasteiger partial charge in [0.05, 0.1) is 23.5 Å². The van der Waals surface area contributed by atoms with Gasteiger partial charge in [0, 0.05) is 23.5 Å². The van der Waals surface area contributed by atoms with Crippen LogP contribution in [0.3, 0.4) is 0 Å². The van der Waals surface area contributed by atoms with Gasteiger partial charge >= 0.3 is 0 Å². The van der Waals surface area contributed by atoms with E-state index in [9.17, 15) is 4.79 Å². The van der Waals surface area contributed by atoms with Crippen LogP contribution in [-0.2, 0) is 0 Å². The number of aromatic nitrogens is 5. The Morgan fingerprint density at radius 1 is 1.00 bits per heavy atom. The minimum Gasteiger partial charge on any atom is -0.355 e. The fourth-order valence-electron chi connectivity index (χ4n) is 2.97. The van der Waals surface area contributed by atoms with Crippen molar-refractivity contribution in [3.8, 4) is 17.3 Å². The largest absolute Gasteiger partial charge is 0.355 e. The summed E-state index contributed by atoms with van der Waals surface area (Å²) in [5.41, 5.74) is 2.55. The number of amides is 1. The lowest BCUT2D eigenvalue weighted by molar-refractivity contribution is 0.102. The van der Waals surface area contributed by atoms with Gasteiger partial charge < -0.3 is 9.84 Å². The summed E-state index contributed by atoms with van der Waals surface area (Å²) in [5, 5.41) is 11.7. The Kier molecular flexibility index (Phi) is 4.06. The number of carbonyl (C=O) groups excluding carboxylic acids is 1. The van der Waals surface area contributed by atoms with E-state index in [0.717, 1.165) is 10.9 Å². The number of carbonyl (C=O) groups is 1. The number of benzene rings is 2. The van der Waals surface area contributed by atoms with Crippen molar-refractivity contribution in [3.63, 3.8) is 0 Å². The summed E-state index contributed by atoms with van der Waals surface area (Å²) < 4.78 is 7.03. The molecule has 1 amide bonds. The summed E-state index contributed by atoms with van der Waals surface area (Å²) in [6, 6.07) is 16.7. The van der Waals surface area contributed by atoms with Crippen LogP contribution < -0.4 is 5.32 Å². The minimum absolute atomic E-state index is 0.275. The molecule has 0 spiro atoms. The van der Waals surface area contributed by atoms with Gasteiger partial charge in [0.25, 0.3) is 11.9 Å². The molecule has 0 aliphatic carbocycles. The maximum absolute atomic E-state index is 12.7. The molecule has 2 aromatic carbocycles. The highest BCUT2D eigenvalue weighted by Crippen LogP contribution is 2.29. The Morgan fingerprint density at radius 2 is 1.83 bits per heavy atom. The molecule has 8 nitrogen and oxygen atoms in total. The number of anilines is 1. The van der Waals surface area contributed by atoms with Gasteiger partial charge in [-0.3, -0.25) is 4.79 Å². The third kappa shape index (κ3) is 3.23. The molecule has 0 radical (unpaired) electrons. The SMILES string of the molecule is O=C(Nc1cnc(-n2cccn2)nc1)c1ccc2noc(-c3ccccc3)c2c1. The number of fused-ring (bicyclic) bond motifs is 1. The molecule has 0 atom stereocenters. The molecule has 5 aromatic rings. The van der Waals surface area contributed by atoms with E-state index in [4.69, 9.17) is 4.52 Å². The molecule has 0 fully saturated rings. The van der Waals surface area contributed by atoms with E-state index in [2.05, 4.69) is 25.5 Å². The first-order valence-corrected chi connectivity index (χ1v) is 8.86. The summed E-state index contributed by atoms with van der Waals surface area (Å²) in [7, 11) is 0. The van der Waals surface area contributed by atoms with Crippen molar-refractivity contribution in [3.05, 3.63) is 84.9 Å². The van der Waals surface area contributed by atoms with E-state index < -0.39 is 0 Å². The number of hydrogen-bond acceptors (Lipinski definition) is 6. The first kappa shape index (κ1) is 16.8. The molecule has 0 unspecified atom stereocenters. The molecule has 1 N–H and O–H groups in total. The Bertz CT molecular complexity index is 1280. The quantitative estimate of drug-likeness (QED) is 0.509. The van der Waals surface area contributed by atoms with Crippen molar-refractivity contribution in [2.24, 2.45) is 0 Å². The monoisotopic (exact) mass is 382 g/mol. The van der Waals surface area contributed by atoms with Gasteiger partial charge in [0.15, 0.2) is 5.76 Å². The normalized spacial score (nSPS) is 10.9. The summed E-state index contributed by atoms with van der Waals surface area (Å²) in [6.45, 7) is 0. The second-order valence-corrected chi connectivity index (χ2v) is 6.29. The van der Waals surface area contributed by atoms with Crippen LogP contribution in [-0.4, -0.2) is 30.8 Å². The van der Waals surface area contributed by atoms with Crippen molar-refractivity contribution in [2.45, 2.75) is 0 Å². The van der Waals surface area contributed by atoms with Crippen LogP contribution in [0.5, 0.6) is 0 Å². The molecule has 29 heavy (non-hydrogen) atoms. The van der Waals surface area contributed by atoms with Crippen molar-refractivity contribution in [1.82, 2.24) is 24.9 Å². The Balaban J connectivity index is 1.41. The summed E-state index contributed by atoms with van der Waals surface area (Å²) in [4.78, 5) is 21.1. The van der Waals surface area contributed by atoms with E-state index in [1.54, 1.807) is 36.7 Å². The van der Waals surface area contributed by atoms with Gasteiger partial charge in [0.2, 0.25) is 0 Å². The number of nitrogens with zero attached hydrogens (tertiary/aromatic N) is 5. The molecule has 0 bridgehead atoms. The molecule has 0 aliphatic rings. The molecule has 3 aromatic heterocycles. The predicted molar refractivity (Wildman–Crippen MR) is 107 cm³/mol. The highest BCUT2D eigenvalue weighted by molar-refractivity contribution is 6.07. The van der Waals surface area contributed by atoms with Crippen LogP contribution in [0.15, 0.2) is 83.9 Å². The fourth-order valence-corrected chi connectivity index (χ4v) is 2.97. The smallest absolute Gasteiger partial charge is 0.255 e. The van der Waals surface area contributed by atoms with Crippen LogP contribution in [0.1, 0.15) is 10.4 Å². The van der Waals surface area contributed by atoms with E-state index in [0.29, 0.717) is 28.5 Å². The lowest BCUT2D eigenvalue weighted by Crippen LogP contribution is -2.13. The number of hydrogen-bond donors (Lipinski definition) is 1. The topological polar surface area (TPSA) is 98.7 Å². The van der Waals surface area contributed by atoms with Gasteiger partial charge in [-0.25, -0.2) is 14.6 Å². The summed E-state index contributed by atoms with van der Waals surface area (Å²) in [5.74, 6) is 0.774. The summed E-state index contributed by atoms with van der Waals surface area (Å²) in [6.07, 6.45) is 6.46. The average Bonchev–Trinajstić information content (AvgIpc) is 3.45. The van der Waals surface area contributed by atoms with Gasteiger partial charge in [-0.2, -0.15) is 5.10 Å². The molecule has 0 saturated heterocycles. The molecule has 5 rings (SSSR count). The maximum Gasteiger partial charge on any atom is 0.255 e. The van der Waals surface area contributed by atoms with Gasteiger partial charge in [0.1, 0.15) is 5.52 Å². The third-order valence-electron chi connectivity index (χ3n) is 4.38. The van der Waals surface area contributed by atoms with Crippen LogP contribution in [0.25, 0.3) is 28.2 Å². The van der Waals surface area contributed by atoms with E-state index >= 15 is 0 Å². The van der Waals surface area contributed by atoms with Crippen molar-refractivity contribution in [1.29, 1.82) is 0 Å². The lowest BCUT2D eigenvalue weighted by atomic mass is 10.1. The van der Waals surface area contributed by atoms with Crippen LogP contribution in [0.4, 0.5) is 5.69 Å². The Labute approximate surface area is 164 Å². The number of nitrogens with one attached hydrogen (secondary N) is 1. The zero-order valence-corrected chi connectivity index (χ0v) is 15.1. The van der Waals surface area contributed by atoms with E-state index in [1.807, 2.05) is 30.3 Å². The van der Waals surface area contributed by atoms with Crippen molar-refractivity contribution < 1.29 is 9.32 Å². The first-order chi connectivity index (χ1) is 14.3. The first-order valence-electron chi connectivity index (χ1n) is 8.86. The highest BCUT2D eigenvalue weighted by atomic mass is 16.5. The fraction of sp³-hybridized carbons (Fsp3) is 0. The average molecular weight is 382 g/mol. The van der Waals surface area contributed by atoms with Crippen LogP contribution >= 0.6 is 0 Å². The zero-order valence-electron chi connectivity index (χ0n) is 15.1. The van der Waals surface area contributed by atoms with E-state index in [-0.39, 0.29) is 5.91 Å². The lowest BCUT2D eigenvalue weighted by Gasteiger charge is -2.06. The van der Waals surface area contributed by atoms with E-state index in [1.165, 1.54) is 17.1 Å². The second kappa shape index (κ2) is 7.01. The second-order valence-electron chi connectivity index (χ2n) is 6.29. The molecular formula is C21H14N6O2. The molecule has 8 heteroatoms. The molecule has 0 saturated carbocycles. The van der Waals surface area contributed by atoms with Gasteiger partial charge in [-0.05, 0) is 24.3 Å². The zero-order chi connectivity index (χ0) is 19.6. The molecular weight excluding hydrogens is 368 g/mol.